The van der Waals surface area contributed by atoms with E-state index in [0.717, 1.165) is 37.4 Å². The predicted octanol–water partition coefficient (Wildman–Crippen LogP) is 2.89. The number of fused-ring (bicyclic) bond motifs is 1. The van der Waals surface area contributed by atoms with Crippen molar-refractivity contribution in [2.45, 2.75) is 19.4 Å². The van der Waals surface area contributed by atoms with E-state index in [1.807, 2.05) is 6.07 Å². The SMILES string of the molecule is N#Cc1cccnc1N1CCc2[nH]nc(Cc3cccs3)c2C1. The Balaban J connectivity index is 1.64. The van der Waals surface area contributed by atoms with E-state index >= 15 is 0 Å². The molecule has 0 bridgehead atoms. The van der Waals surface area contributed by atoms with Crippen molar-refractivity contribution in [3.05, 3.63) is 63.2 Å². The molecule has 1 aliphatic heterocycles. The lowest BCUT2D eigenvalue weighted by Gasteiger charge is -2.28. The first-order chi connectivity index (χ1) is 11.3. The highest BCUT2D eigenvalue weighted by atomic mass is 32.1. The zero-order valence-electron chi connectivity index (χ0n) is 12.5. The normalized spacial score (nSPS) is 13.6. The van der Waals surface area contributed by atoms with Crippen LogP contribution in [0.4, 0.5) is 5.82 Å². The van der Waals surface area contributed by atoms with Gasteiger partial charge in [-0.15, -0.1) is 11.3 Å². The lowest BCUT2D eigenvalue weighted by Crippen LogP contribution is -2.31. The van der Waals surface area contributed by atoms with Crippen molar-refractivity contribution in [1.82, 2.24) is 15.2 Å². The summed E-state index contributed by atoms with van der Waals surface area (Å²) in [6.45, 7) is 1.59. The number of aromatic nitrogens is 3. The highest BCUT2D eigenvalue weighted by Crippen LogP contribution is 2.27. The summed E-state index contributed by atoms with van der Waals surface area (Å²) >= 11 is 1.75. The third-order valence-electron chi connectivity index (χ3n) is 4.15. The maximum absolute atomic E-state index is 9.30. The van der Waals surface area contributed by atoms with Crippen molar-refractivity contribution in [3.8, 4) is 6.07 Å². The van der Waals surface area contributed by atoms with Gasteiger partial charge in [-0.1, -0.05) is 6.07 Å². The Morgan fingerprint density at radius 3 is 3.13 bits per heavy atom. The summed E-state index contributed by atoms with van der Waals surface area (Å²) in [7, 11) is 0. The van der Waals surface area contributed by atoms with Crippen LogP contribution in [0.15, 0.2) is 35.8 Å². The molecule has 0 saturated heterocycles. The van der Waals surface area contributed by atoms with E-state index in [0.29, 0.717) is 5.56 Å². The molecule has 0 radical (unpaired) electrons. The minimum atomic E-state index is 0.624. The molecule has 23 heavy (non-hydrogen) atoms. The van der Waals surface area contributed by atoms with Crippen LogP contribution in [-0.2, 0) is 19.4 Å². The monoisotopic (exact) mass is 321 g/mol. The van der Waals surface area contributed by atoms with Crippen molar-refractivity contribution < 1.29 is 0 Å². The van der Waals surface area contributed by atoms with E-state index in [-0.39, 0.29) is 0 Å². The van der Waals surface area contributed by atoms with Crippen molar-refractivity contribution in [2.24, 2.45) is 0 Å². The van der Waals surface area contributed by atoms with Crippen LogP contribution < -0.4 is 4.90 Å². The second-order valence-electron chi connectivity index (χ2n) is 5.54. The van der Waals surface area contributed by atoms with Gasteiger partial charge in [-0.25, -0.2) is 4.98 Å². The lowest BCUT2D eigenvalue weighted by atomic mass is 10.0. The molecule has 0 atom stereocenters. The Morgan fingerprint density at radius 1 is 1.35 bits per heavy atom. The summed E-state index contributed by atoms with van der Waals surface area (Å²) < 4.78 is 0. The standard InChI is InChI=1S/C17H15N5S/c18-10-12-3-1-6-19-17(12)22-7-5-15-14(11-22)16(21-20-15)9-13-4-2-8-23-13/h1-4,6,8H,5,7,9,11H2,(H,20,21). The lowest BCUT2D eigenvalue weighted by molar-refractivity contribution is 0.707. The number of hydrogen-bond donors (Lipinski definition) is 1. The van der Waals surface area contributed by atoms with E-state index in [1.54, 1.807) is 23.6 Å². The molecule has 4 rings (SSSR count). The molecule has 1 N–H and O–H groups in total. The number of pyridine rings is 1. The molecule has 0 fully saturated rings. The van der Waals surface area contributed by atoms with Gasteiger partial charge in [0.1, 0.15) is 11.9 Å². The molecule has 5 nitrogen and oxygen atoms in total. The first-order valence-corrected chi connectivity index (χ1v) is 8.40. The van der Waals surface area contributed by atoms with E-state index in [9.17, 15) is 5.26 Å². The molecule has 3 aromatic heterocycles. The number of aromatic amines is 1. The summed E-state index contributed by atoms with van der Waals surface area (Å²) in [5.41, 5.74) is 4.18. The molecule has 6 heteroatoms. The molecular formula is C17H15N5S. The number of hydrogen-bond acceptors (Lipinski definition) is 5. The fourth-order valence-electron chi connectivity index (χ4n) is 3.00. The first kappa shape index (κ1) is 14.0. The van der Waals surface area contributed by atoms with Gasteiger partial charge in [-0.05, 0) is 23.6 Å². The average Bonchev–Trinajstić information content (AvgIpc) is 3.25. The molecule has 0 amide bonds. The van der Waals surface area contributed by atoms with Gasteiger partial charge < -0.3 is 4.90 Å². The van der Waals surface area contributed by atoms with E-state index in [2.05, 4.69) is 43.7 Å². The number of nitriles is 1. The maximum atomic E-state index is 9.30. The molecule has 0 aliphatic carbocycles. The van der Waals surface area contributed by atoms with Gasteiger partial charge in [-0.2, -0.15) is 10.4 Å². The highest BCUT2D eigenvalue weighted by molar-refractivity contribution is 7.09. The quantitative estimate of drug-likeness (QED) is 0.805. The van der Waals surface area contributed by atoms with E-state index < -0.39 is 0 Å². The molecule has 0 spiro atoms. The van der Waals surface area contributed by atoms with Gasteiger partial charge in [0.15, 0.2) is 0 Å². The van der Waals surface area contributed by atoms with Crippen LogP contribution in [0.2, 0.25) is 0 Å². The summed E-state index contributed by atoms with van der Waals surface area (Å²) in [5, 5.41) is 19.1. The Kier molecular flexibility index (Phi) is 3.56. The molecule has 4 heterocycles. The van der Waals surface area contributed by atoms with Crippen LogP contribution in [0.25, 0.3) is 0 Å². The third-order valence-corrected chi connectivity index (χ3v) is 5.02. The number of nitrogens with zero attached hydrogens (tertiary/aromatic N) is 4. The van der Waals surface area contributed by atoms with Crippen LogP contribution in [0.1, 0.15) is 27.4 Å². The van der Waals surface area contributed by atoms with Crippen LogP contribution in [0, 0.1) is 11.3 Å². The fraction of sp³-hybridized carbons (Fsp3) is 0.235. The number of rotatable bonds is 3. The third kappa shape index (κ3) is 2.60. The van der Waals surface area contributed by atoms with E-state index in [4.69, 9.17) is 0 Å². The van der Waals surface area contributed by atoms with E-state index in [1.165, 1.54) is 16.1 Å². The zero-order valence-corrected chi connectivity index (χ0v) is 13.3. The first-order valence-electron chi connectivity index (χ1n) is 7.52. The van der Waals surface area contributed by atoms with Gasteiger partial charge in [0, 0.05) is 48.3 Å². The summed E-state index contributed by atoms with van der Waals surface area (Å²) in [6.07, 6.45) is 3.49. The molecule has 3 aromatic rings. The van der Waals surface area contributed by atoms with Crippen LogP contribution in [0.5, 0.6) is 0 Å². The van der Waals surface area contributed by atoms with Crippen molar-refractivity contribution in [2.75, 3.05) is 11.4 Å². The second kappa shape index (κ2) is 5.86. The summed E-state index contributed by atoms with van der Waals surface area (Å²) in [5.74, 6) is 0.768. The second-order valence-corrected chi connectivity index (χ2v) is 6.57. The number of anilines is 1. The Labute approximate surface area is 138 Å². The molecular weight excluding hydrogens is 306 g/mol. The minimum Gasteiger partial charge on any atom is -0.351 e. The molecule has 0 unspecified atom stereocenters. The van der Waals surface area contributed by atoms with Gasteiger partial charge >= 0.3 is 0 Å². The fourth-order valence-corrected chi connectivity index (χ4v) is 3.70. The summed E-state index contributed by atoms with van der Waals surface area (Å²) in [4.78, 5) is 7.90. The van der Waals surface area contributed by atoms with Gasteiger partial charge in [0.05, 0.1) is 11.3 Å². The topological polar surface area (TPSA) is 68.6 Å². The highest BCUT2D eigenvalue weighted by Gasteiger charge is 2.24. The van der Waals surface area contributed by atoms with Crippen molar-refractivity contribution >= 4 is 17.2 Å². The van der Waals surface area contributed by atoms with Gasteiger partial charge in [0.25, 0.3) is 0 Å². The molecule has 0 aromatic carbocycles. The molecule has 1 aliphatic rings. The van der Waals surface area contributed by atoms with Crippen LogP contribution in [-0.4, -0.2) is 21.7 Å². The minimum absolute atomic E-state index is 0.624. The largest absolute Gasteiger partial charge is 0.351 e. The summed E-state index contributed by atoms with van der Waals surface area (Å²) in [6, 6.07) is 10.1. The molecule has 114 valence electrons. The Hall–Kier alpha value is -2.65. The van der Waals surface area contributed by atoms with Crippen LogP contribution >= 0.6 is 11.3 Å². The Bertz CT molecular complexity index is 859. The zero-order chi connectivity index (χ0) is 15.6. The van der Waals surface area contributed by atoms with Gasteiger partial charge in [0.2, 0.25) is 0 Å². The number of H-pyrrole nitrogens is 1. The smallest absolute Gasteiger partial charge is 0.146 e. The average molecular weight is 321 g/mol. The van der Waals surface area contributed by atoms with Crippen LogP contribution in [0.3, 0.4) is 0 Å². The molecule has 0 saturated carbocycles. The van der Waals surface area contributed by atoms with Crippen molar-refractivity contribution in [1.29, 1.82) is 5.26 Å². The predicted molar refractivity (Wildman–Crippen MR) is 89.4 cm³/mol. The number of thiophene rings is 1. The number of nitrogens with one attached hydrogen (secondary N) is 1. The maximum Gasteiger partial charge on any atom is 0.146 e. The van der Waals surface area contributed by atoms with Crippen molar-refractivity contribution in [3.63, 3.8) is 0 Å². The van der Waals surface area contributed by atoms with Gasteiger partial charge in [-0.3, -0.25) is 5.10 Å². The Morgan fingerprint density at radius 2 is 2.30 bits per heavy atom.